The monoisotopic (exact) mass is 421 g/mol. The minimum Gasteiger partial charge on any atom is -0.370 e. The molecule has 23 heavy (non-hydrogen) atoms. The molecule has 0 amide bonds. The van der Waals surface area contributed by atoms with Crippen LogP contribution in [-0.2, 0) is 12.8 Å². The van der Waals surface area contributed by atoms with E-state index in [9.17, 15) is 0 Å². The Labute approximate surface area is 155 Å². The Morgan fingerprint density at radius 1 is 1.09 bits per heavy atom. The number of aliphatic imine (C=N–C) groups is 1. The average Bonchev–Trinajstić information content (AvgIpc) is 2.84. The maximum Gasteiger partial charge on any atom is 0.193 e. The number of aryl methyl sites for hydroxylation is 1. The third-order valence-electron chi connectivity index (χ3n) is 4.31. The lowest BCUT2D eigenvalue weighted by atomic mass is 9.87. The Morgan fingerprint density at radius 2 is 1.65 bits per heavy atom. The molecule has 3 nitrogen and oxygen atoms in total. The van der Waals surface area contributed by atoms with Crippen molar-refractivity contribution in [3.63, 3.8) is 0 Å². The fraction of sp³-hybridized carbons (Fsp3) is 0.316. The van der Waals surface area contributed by atoms with Gasteiger partial charge in [-0.2, -0.15) is 0 Å². The molecule has 4 heteroatoms. The van der Waals surface area contributed by atoms with E-state index in [1.165, 1.54) is 16.7 Å². The van der Waals surface area contributed by atoms with Crippen molar-refractivity contribution in [2.75, 3.05) is 11.9 Å². The lowest BCUT2D eigenvalue weighted by Gasteiger charge is -2.21. The molecule has 1 aliphatic rings. The predicted molar refractivity (Wildman–Crippen MR) is 109 cm³/mol. The highest BCUT2D eigenvalue weighted by Gasteiger charge is 2.32. The Kier molecular flexibility index (Phi) is 5.68. The van der Waals surface area contributed by atoms with Gasteiger partial charge in [0.25, 0.3) is 0 Å². The summed E-state index contributed by atoms with van der Waals surface area (Å²) in [7, 11) is 0. The summed E-state index contributed by atoms with van der Waals surface area (Å²) in [6.07, 6.45) is 2.15. The SMILES string of the molecule is Cc1ccc(NC(N)=NCC2(C)Cc3ccccc3C2)cc1.I. The van der Waals surface area contributed by atoms with Gasteiger partial charge in [-0.05, 0) is 48.4 Å². The van der Waals surface area contributed by atoms with E-state index in [0.29, 0.717) is 5.96 Å². The summed E-state index contributed by atoms with van der Waals surface area (Å²) in [5, 5.41) is 3.16. The van der Waals surface area contributed by atoms with Gasteiger partial charge in [-0.3, -0.25) is 4.99 Å². The number of nitrogens with two attached hydrogens (primary N) is 1. The van der Waals surface area contributed by atoms with Crippen LogP contribution in [-0.4, -0.2) is 12.5 Å². The third kappa shape index (κ3) is 4.47. The maximum absolute atomic E-state index is 6.02. The topological polar surface area (TPSA) is 50.4 Å². The Bertz CT molecular complexity index is 667. The maximum atomic E-state index is 6.02. The van der Waals surface area contributed by atoms with Crippen molar-refractivity contribution in [3.05, 3.63) is 65.2 Å². The minimum absolute atomic E-state index is 0. The number of hydrogen-bond donors (Lipinski definition) is 2. The van der Waals surface area contributed by atoms with Crippen molar-refractivity contribution in [1.29, 1.82) is 0 Å². The van der Waals surface area contributed by atoms with Crippen LogP contribution in [0.1, 0.15) is 23.6 Å². The van der Waals surface area contributed by atoms with Crippen LogP contribution in [0, 0.1) is 12.3 Å². The number of anilines is 1. The predicted octanol–water partition coefficient (Wildman–Crippen LogP) is 4.14. The molecule has 0 saturated carbocycles. The second-order valence-corrected chi connectivity index (χ2v) is 6.63. The first-order chi connectivity index (χ1) is 10.5. The Morgan fingerprint density at radius 3 is 2.22 bits per heavy atom. The molecule has 2 aromatic rings. The number of nitrogens with zero attached hydrogens (tertiary/aromatic N) is 1. The van der Waals surface area contributed by atoms with Crippen molar-refractivity contribution in [2.24, 2.45) is 16.1 Å². The molecule has 0 unspecified atom stereocenters. The molecule has 0 heterocycles. The van der Waals surface area contributed by atoms with Crippen molar-refractivity contribution < 1.29 is 0 Å². The van der Waals surface area contributed by atoms with E-state index in [-0.39, 0.29) is 29.4 Å². The van der Waals surface area contributed by atoms with Crippen LogP contribution >= 0.6 is 24.0 Å². The zero-order valence-corrected chi connectivity index (χ0v) is 16.0. The molecule has 3 rings (SSSR count). The van der Waals surface area contributed by atoms with E-state index in [1.54, 1.807) is 0 Å². The largest absolute Gasteiger partial charge is 0.370 e. The van der Waals surface area contributed by atoms with Crippen LogP contribution in [0.15, 0.2) is 53.5 Å². The standard InChI is InChI=1S/C19H23N3.HI/c1-14-7-9-17(10-8-14)22-18(20)21-13-19(2)11-15-5-3-4-6-16(15)12-19;/h3-10H,11-13H2,1-2H3,(H3,20,21,22);1H. The highest BCUT2D eigenvalue weighted by molar-refractivity contribution is 14.0. The van der Waals surface area contributed by atoms with Crippen LogP contribution in [0.2, 0.25) is 0 Å². The molecule has 2 aromatic carbocycles. The summed E-state index contributed by atoms with van der Waals surface area (Å²) in [5.41, 5.74) is 11.3. The van der Waals surface area contributed by atoms with Crippen LogP contribution in [0.4, 0.5) is 5.69 Å². The molecular formula is C19H24IN3. The van der Waals surface area contributed by atoms with Crippen molar-refractivity contribution >= 4 is 35.6 Å². The summed E-state index contributed by atoms with van der Waals surface area (Å²) in [6, 6.07) is 16.8. The first kappa shape index (κ1) is 17.8. The molecule has 0 bridgehead atoms. The summed E-state index contributed by atoms with van der Waals surface area (Å²) >= 11 is 0. The number of hydrogen-bond acceptors (Lipinski definition) is 1. The van der Waals surface area contributed by atoms with Gasteiger partial charge in [0.1, 0.15) is 0 Å². The van der Waals surface area contributed by atoms with E-state index in [0.717, 1.165) is 25.1 Å². The normalized spacial score (nSPS) is 15.7. The number of halogens is 1. The highest BCUT2D eigenvalue weighted by atomic mass is 127. The van der Waals surface area contributed by atoms with E-state index >= 15 is 0 Å². The van der Waals surface area contributed by atoms with E-state index in [2.05, 4.69) is 60.6 Å². The molecule has 3 N–H and O–H groups in total. The van der Waals surface area contributed by atoms with Gasteiger partial charge >= 0.3 is 0 Å². The molecule has 0 saturated heterocycles. The fourth-order valence-corrected chi connectivity index (χ4v) is 3.10. The van der Waals surface area contributed by atoms with Gasteiger partial charge in [-0.25, -0.2) is 0 Å². The second-order valence-electron chi connectivity index (χ2n) is 6.63. The van der Waals surface area contributed by atoms with E-state index < -0.39 is 0 Å². The van der Waals surface area contributed by atoms with Crippen molar-refractivity contribution in [3.8, 4) is 0 Å². The smallest absolute Gasteiger partial charge is 0.193 e. The number of fused-ring (bicyclic) bond motifs is 1. The fourth-order valence-electron chi connectivity index (χ4n) is 3.10. The van der Waals surface area contributed by atoms with Crippen molar-refractivity contribution in [2.45, 2.75) is 26.7 Å². The van der Waals surface area contributed by atoms with Crippen molar-refractivity contribution in [1.82, 2.24) is 0 Å². The molecule has 0 aliphatic heterocycles. The lowest BCUT2D eigenvalue weighted by Crippen LogP contribution is -2.27. The quantitative estimate of drug-likeness (QED) is 0.445. The molecule has 0 fully saturated rings. The van der Waals surface area contributed by atoms with Gasteiger partial charge in [0, 0.05) is 12.2 Å². The van der Waals surface area contributed by atoms with Gasteiger partial charge in [-0.1, -0.05) is 48.9 Å². The summed E-state index contributed by atoms with van der Waals surface area (Å²) in [4.78, 5) is 4.56. The van der Waals surface area contributed by atoms with Gasteiger partial charge in [0.2, 0.25) is 0 Å². The lowest BCUT2D eigenvalue weighted by molar-refractivity contribution is 0.360. The van der Waals surface area contributed by atoms with Crippen LogP contribution in [0.25, 0.3) is 0 Å². The number of rotatable bonds is 3. The van der Waals surface area contributed by atoms with Crippen LogP contribution < -0.4 is 11.1 Å². The van der Waals surface area contributed by atoms with E-state index in [1.807, 2.05) is 12.1 Å². The molecule has 0 spiro atoms. The van der Waals surface area contributed by atoms with Gasteiger partial charge < -0.3 is 11.1 Å². The first-order valence-corrected chi connectivity index (χ1v) is 7.74. The summed E-state index contributed by atoms with van der Waals surface area (Å²) < 4.78 is 0. The average molecular weight is 421 g/mol. The Balaban J connectivity index is 0.00000192. The van der Waals surface area contributed by atoms with Gasteiger partial charge in [-0.15, -0.1) is 24.0 Å². The van der Waals surface area contributed by atoms with Gasteiger partial charge in [0.15, 0.2) is 5.96 Å². The Hall–Kier alpha value is -1.56. The number of guanidine groups is 1. The molecule has 0 radical (unpaired) electrons. The highest BCUT2D eigenvalue weighted by Crippen LogP contribution is 2.36. The number of nitrogens with one attached hydrogen (secondary N) is 1. The molecule has 0 aromatic heterocycles. The van der Waals surface area contributed by atoms with Crippen LogP contribution in [0.5, 0.6) is 0 Å². The molecule has 1 aliphatic carbocycles. The van der Waals surface area contributed by atoms with E-state index in [4.69, 9.17) is 5.73 Å². The third-order valence-corrected chi connectivity index (χ3v) is 4.31. The molecular weight excluding hydrogens is 397 g/mol. The summed E-state index contributed by atoms with van der Waals surface area (Å²) in [6.45, 7) is 5.10. The van der Waals surface area contributed by atoms with Gasteiger partial charge in [0.05, 0.1) is 0 Å². The molecule has 122 valence electrons. The first-order valence-electron chi connectivity index (χ1n) is 7.74. The minimum atomic E-state index is 0. The molecule has 0 atom stereocenters. The summed E-state index contributed by atoms with van der Waals surface area (Å²) in [5.74, 6) is 0.487. The number of benzene rings is 2. The zero-order chi connectivity index (χ0) is 15.6. The second kappa shape index (κ2) is 7.34. The zero-order valence-electron chi connectivity index (χ0n) is 13.7. The van der Waals surface area contributed by atoms with Crippen LogP contribution in [0.3, 0.4) is 0 Å².